The molecule has 1 heterocycles. The summed E-state index contributed by atoms with van der Waals surface area (Å²) in [5, 5.41) is 3.54. The fourth-order valence-corrected chi connectivity index (χ4v) is 5.33. The lowest BCUT2D eigenvalue weighted by Crippen LogP contribution is -2.55. The van der Waals surface area contributed by atoms with Crippen LogP contribution in [0, 0.1) is 0 Å². The smallest absolute Gasteiger partial charge is 0.254 e. The van der Waals surface area contributed by atoms with Crippen molar-refractivity contribution in [1.82, 2.24) is 10.2 Å². The van der Waals surface area contributed by atoms with Crippen molar-refractivity contribution in [2.75, 3.05) is 40.5 Å². The number of rotatable bonds is 11. The van der Waals surface area contributed by atoms with E-state index in [1.807, 2.05) is 29.2 Å². The Balaban J connectivity index is 0.00000420. The number of hydrogen-bond donors (Lipinski definition) is 1. The molecule has 1 aliphatic heterocycles. The SMILES string of the molecule is COCCCOc1cc(C(=O)N(C(C)C)C2CNCC[C@@H]2c2cccc(-c3ccccc3)c2)ccc1OC.Cl. The zero-order valence-corrected chi connectivity index (χ0v) is 24.2. The van der Waals surface area contributed by atoms with Gasteiger partial charge in [0.1, 0.15) is 0 Å². The normalized spacial score (nSPS) is 16.8. The topological polar surface area (TPSA) is 60.0 Å². The minimum atomic E-state index is 0. The number of hydrogen-bond acceptors (Lipinski definition) is 5. The summed E-state index contributed by atoms with van der Waals surface area (Å²) >= 11 is 0. The maximum absolute atomic E-state index is 14.1. The first-order chi connectivity index (χ1) is 18.5. The first-order valence-electron chi connectivity index (χ1n) is 13.5. The zero-order chi connectivity index (χ0) is 26.9. The number of carbonyl (C=O) groups is 1. The minimum absolute atomic E-state index is 0. The Morgan fingerprint density at radius 3 is 2.44 bits per heavy atom. The molecule has 1 fully saturated rings. The molecule has 1 N–H and O–H groups in total. The third kappa shape index (κ3) is 7.53. The first-order valence-corrected chi connectivity index (χ1v) is 13.5. The molecule has 7 heteroatoms. The highest BCUT2D eigenvalue weighted by Gasteiger charge is 2.36. The number of ether oxygens (including phenoxy) is 3. The molecule has 0 aliphatic carbocycles. The van der Waals surface area contributed by atoms with Crippen LogP contribution in [0.1, 0.15) is 48.5 Å². The lowest BCUT2D eigenvalue weighted by Gasteiger charge is -2.43. The van der Waals surface area contributed by atoms with Gasteiger partial charge in [0.05, 0.1) is 19.8 Å². The summed E-state index contributed by atoms with van der Waals surface area (Å²) in [6.45, 7) is 6.97. The van der Waals surface area contributed by atoms with Crippen molar-refractivity contribution in [3.05, 3.63) is 83.9 Å². The molecule has 3 aromatic carbocycles. The van der Waals surface area contributed by atoms with Gasteiger partial charge in [-0.05, 0) is 61.7 Å². The number of amides is 1. The fourth-order valence-electron chi connectivity index (χ4n) is 5.33. The second-order valence-electron chi connectivity index (χ2n) is 10.0. The van der Waals surface area contributed by atoms with Crippen molar-refractivity contribution < 1.29 is 19.0 Å². The van der Waals surface area contributed by atoms with E-state index in [1.54, 1.807) is 14.2 Å². The summed E-state index contributed by atoms with van der Waals surface area (Å²) in [7, 11) is 3.28. The summed E-state index contributed by atoms with van der Waals surface area (Å²) in [6, 6.07) is 24.8. The van der Waals surface area contributed by atoms with Crippen LogP contribution in [0.2, 0.25) is 0 Å². The molecule has 39 heavy (non-hydrogen) atoms. The van der Waals surface area contributed by atoms with Crippen LogP contribution >= 0.6 is 12.4 Å². The maximum atomic E-state index is 14.1. The van der Waals surface area contributed by atoms with Crippen LogP contribution in [0.3, 0.4) is 0 Å². The number of carbonyl (C=O) groups excluding carboxylic acids is 1. The predicted octanol–water partition coefficient (Wildman–Crippen LogP) is 6.20. The number of benzene rings is 3. The van der Waals surface area contributed by atoms with Crippen molar-refractivity contribution in [3.63, 3.8) is 0 Å². The van der Waals surface area contributed by atoms with Gasteiger partial charge in [0, 0.05) is 44.2 Å². The molecule has 0 bridgehead atoms. The van der Waals surface area contributed by atoms with Crippen LogP contribution in [0.4, 0.5) is 0 Å². The standard InChI is InChI=1S/C32H40N2O4.ClH/c1-23(2)34(32(35)27-14-15-30(37-4)31(21-27)38-19-9-18-36-3)29-22-33-17-16-28(29)26-13-8-12-25(20-26)24-10-6-5-7-11-24;/h5-8,10-15,20-21,23,28-29,33H,9,16-19,22H2,1-4H3;1H/t28-,29?;/m1./s1. The number of halogens is 1. The van der Waals surface area contributed by atoms with Crippen molar-refractivity contribution >= 4 is 18.3 Å². The molecule has 1 amide bonds. The third-order valence-electron chi connectivity index (χ3n) is 7.18. The van der Waals surface area contributed by atoms with Gasteiger partial charge >= 0.3 is 0 Å². The van der Waals surface area contributed by atoms with E-state index in [1.165, 1.54) is 16.7 Å². The Labute approximate surface area is 239 Å². The van der Waals surface area contributed by atoms with Crippen molar-refractivity contribution in [2.24, 2.45) is 0 Å². The van der Waals surface area contributed by atoms with E-state index in [9.17, 15) is 4.79 Å². The number of nitrogens with one attached hydrogen (secondary N) is 1. The average Bonchev–Trinajstić information content (AvgIpc) is 2.96. The quantitative estimate of drug-likeness (QED) is 0.287. The van der Waals surface area contributed by atoms with Gasteiger partial charge in [-0.3, -0.25) is 4.79 Å². The molecule has 3 aromatic rings. The molecule has 0 aromatic heterocycles. The van der Waals surface area contributed by atoms with Crippen LogP contribution < -0.4 is 14.8 Å². The van der Waals surface area contributed by atoms with Crippen LogP contribution in [-0.2, 0) is 4.74 Å². The third-order valence-corrected chi connectivity index (χ3v) is 7.18. The molecule has 6 nitrogen and oxygen atoms in total. The summed E-state index contributed by atoms with van der Waals surface area (Å²) in [5.74, 6) is 1.42. The largest absolute Gasteiger partial charge is 0.493 e. The Kier molecular flexibility index (Phi) is 11.7. The van der Waals surface area contributed by atoms with E-state index < -0.39 is 0 Å². The molecular formula is C32H41ClN2O4. The Bertz CT molecular complexity index is 1190. The average molecular weight is 553 g/mol. The summed E-state index contributed by atoms with van der Waals surface area (Å²) in [5.41, 5.74) is 4.28. The van der Waals surface area contributed by atoms with E-state index in [0.717, 1.165) is 25.9 Å². The molecule has 0 spiro atoms. The Morgan fingerprint density at radius 1 is 0.949 bits per heavy atom. The van der Waals surface area contributed by atoms with Crippen LogP contribution in [0.5, 0.6) is 11.5 Å². The van der Waals surface area contributed by atoms with Crippen LogP contribution in [0.25, 0.3) is 11.1 Å². The summed E-state index contributed by atoms with van der Waals surface area (Å²) in [6.07, 6.45) is 1.73. The lowest BCUT2D eigenvalue weighted by molar-refractivity contribution is 0.0537. The number of nitrogens with zero attached hydrogens (tertiary/aromatic N) is 1. The molecule has 2 atom stereocenters. The molecule has 1 unspecified atom stereocenters. The first kappa shape index (κ1) is 30.5. The van der Waals surface area contributed by atoms with Gasteiger partial charge in [-0.1, -0.05) is 54.6 Å². The van der Waals surface area contributed by atoms with Gasteiger partial charge in [-0.15, -0.1) is 12.4 Å². The van der Waals surface area contributed by atoms with Gasteiger partial charge in [-0.2, -0.15) is 0 Å². The molecule has 4 rings (SSSR count). The number of methoxy groups -OCH3 is 2. The Morgan fingerprint density at radius 2 is 1.72 bits per heavy atom. The highest BCUT2D eigenvalue weighted by atomic mass is 35.5. The second-order valence-corrected chi connectivity index (χ2v) is 10.0. The van der Waals surface area contributed by atoms with Crippen LogP contribution in [-0.4, -0.2) is 63.4 Å². The van der Waals surface area contributed by atoms with Crippen molar-refractivity contribution in [2.45, 2.75) is 44.7 Å². The van der Waals surface area contributed by atoms with Crippen LogP contribution in [0.15, 0.2) is 72.8 Å². The van der Waals surface area contributed by atoms with E-state index in [-0.39, 0.29) is 36.3 Å². The zero-order valence-electron chi connectivity index (χ0n) is 23.4. The van der Waals surface area contributed by atoms with Gasteiger partial charge in [0.15, 0.2) is 11.5 Å². The van der Waals surface area contributed by atoms with E-state index >= 15 is 0 Å². The van der Waals surface area contributed by atoms with Crippen molar-refractivity contribution in [3.8, 4) is 22.6 Å². The Hall–Kier alpha value is -3.06. The van der Waals surface area contributed by atoms with Gasteiger partial charge in [0.25, 0.3) is 5.91 Å². The fraction of sp³-hybridized carbons (Fsp3) is 0.406. The highest BCUT2D eigenvalue weighted by Crippen LogP contribution is 2.35. The molecule has 0 saturated carbocycles. The second kappa shape index (κ2) is 14.9. The van der Waals surface area contributed by atoms with E-state index in [4.69, 9.17) is 14.2 Å². The molecule has 1 aliphatic rings. The summed E-state index contributed by atoms with van der Waals surface area (Å²) in [4.78, 5) is 16.1. The highest BCUT2D eigenvalue weighted by molar-refractivity contribution is 5.95. The van der Waals surface area contributed by atoms with Gasteiger partial charge < -0.3 is 24.4 Å². The molecule has 210 valence electrons. The monoisotopic (exact) mass is 552 g/mol. The minimum Gasteiger partial charge on any atom is -0.493 e. The molecule has 1 saturated heterocycles. The maximum Gasteiger partial charge on any atom is 0.254 e. The molecular weight excluding hydrogens is 512 g/mol. The summed E-state index contributed by atoms with van der Waals surface area (Å²) < 4.78 is 16.6. The molecule has 0 radical (unpaired) electrons. The lowest BCUT2D eigenvalue weighted by atomic mass is 9.83. The van der Waals surface area contributed by atoms with Crippen molar-refractivity contribution in [1.29, 1.82) is 0 Å². The predicted molar refractivity (Wildman–Crippen MR) is 159 cm³/mol. The van der Waals surface area contributed by atoms with Gasteiger partial charge in [0.2, 0.25) is 0 Å². The number of piperidine rings is 1. The van der Waals surface area contributed by atoms with E-state index in [2.05, 4.69) is 67.7 Å². The van der Waals surface area contributed by atoms with Gasteiger partial charge in [-0.25, -0.2) is 0 Å². The van der Waals surface area contributed by atoms with E-state index in [0.29, 0.717) is 30.3 Å².